The summed E-state index contributed by atoms with van der Waals surface area (Å²) in [4.78, 5) is 18.1. The predicted molar refractivity (Wildman–Crippen MR) is 80.7 cm³/mol. The summed E-state index contributed by atoms with van der Waals surface area (Å²) >= 11 is 3.34. The van der Waals surface area contributed by atoms with Crippen molar-refractivity contribution in [2.24, 2.45) is 0 Å². The number of amides is 1. The van der Waals surface area contributed by atoms with E-state index in [-0.39, 0.29) is 5.91 Å². The maximum Gasteiger partial charge on any atom is 0.273 e. The molecule has 0 aliphatic carbocycles. The Labute approximate surface area is 126 Å². The van der Waals surface area contributed by atoms with Crippen LogP contribution in [-0.4, -0.2) is 29.9 Å². The van der Waals surface area contributed by atoms with E-state index >= 15 is 0 Å². The molecule has 0 fully saturated rings. The highest BCUT2D eigenvalue weighted by Gasteiger charge is 2.17. The Morgan fingerprint density at radius 3 is 2.75 bits per heavy atom. The summed E-state index contributed by atoms with van der Waals surface area (Å²) in [5.41, 5.74) is 1.36. The molecule has 0 aliphatic heterocycles. The van der Waals surface area contributed by atoms with Gasteiger partial charge < -0.3 is 9.64 Å². The number of carbonyl (C=O) groups excluding carboxylic acids is 1. The summed E-state index contributed by atoms with van der Waals surface area (Å²) in [7, 11) is 3.37. The Bertz CT molecular complexity index is 616. The van der Waals surface area contributed by atoms with Gasteiger partial charge in [0.25, 0.3) is 5.91 Å². The lowest BCUT2D eigenvalue weighted by atomic mass is 10.2. The van der Waals surface area contributed by atoms with Crippen molar-refractivity contribution < 1.29 is 9.53 Å². The molecule has 5 heteroatoms. The zero-order chi connectivity index (χ0) is 14.5. The molecule has 1 amide bonds. The highest BCUT2D eigenvalue weighted by Crippen LogP contribution is 2.20. The van der Waals surface area contributed by atoms with E-state index in [2.05, 4.69) is 20.9 Å². The van der Waals surface area contributed by atoms with Gasteiger partial charge in [0.15, 0.2) is 0 Å². The number of ether oxygens (including phenoxy) is 1. The van der Waals surface area contributed by atoms with Crippen LogP contribution < -0.4 is 4.74 Å². The third-order valence-corrected chi connectivity index (χ3v) is 3.55. The van der Waals surface area contributed by atoms with Crippen LogP contribution in [0.15, 0.2) is 47.1 Å². The Morgan fingerprint density at radius 2 is 2.05 bits per heavy atom. The first-order valence-corrected chi connectivity index (χ1v) is 6.90. The second kappa shape index (κ2) is 6.52. The van der Waals surface area contributed by atoms with Gasteiger partial charge in [0, 0.05) is 29.8 Å². The fourth-order valence-corrected chi connectivity index (χ4v) is 2.31. The van der Waals surface area contributed by atoms with Gasteiger partial charge in [0.05, 0.1) is 7.11 Å². The average molecular weight is 335 g/mol. The van der Waals surface area contributed by atoms with E-state index in [0.29, 0.717) is 16.7 Å². The molecule has 1 heterocycles. The third-order valence-electron chi connectivity index (χ3n) is 2.91. The summed E-state index contributed by atoms with van der Waals surface area (Å²) in [6, 6.07) is 11.2. The Kier molecular flexibility index (Phi) is 4.74. The first kappa shape index (κ1) is 14.5. The minimum atomic E-state index is -0.136. The Hall–Kier alpha value is -1.88. The zero-order valence-corrected chi connectivity index (χ0v) is 12.9. The van der Waals surface area contributed by atoms with Crippen LogP contribution in [0, 0.1) is 0 Å². The van der Waals surface area contributed by atoms with Gasteiger partial charge in [-0.3, -0.25) is 4.79 Å². The minimum Gasteiger partial charge on any atom is -0.496 e. The molecule has 1 aromatic carbocycles. The van der Waals surface area contributed by atoms with E-state index in [1.165, 1.54) is 0 Å². The summed E-state index contributed by atoms with van der Waals surface area (Å²) < 4.78 is 5.98. The number of rotatable bonds is 4. The monoisotopic (exact) mass is 334 g/mol. The normalized spacial score (nSPS) is 10.2. The molecule has 0 bridgehead atoms. The number of hydrogen-bond donors (Lipinski definition) is 0. The van der Waals surface area contributed by atoms with Gasteiger partial charge in [-0.1, -0.05) is 18.2 Å². The highest BCUT2D eigenvalue weighted by atomic mass is 79.9. The average Bonchev–Trinajstić information content (AvgIpc) is 2.47. The van der Waals surface area contributed by atoms with E-state index in [1.807, 2.05) is 24.3 Å². The lowest BCUT2D eigenvalue weighted by molar-refractivity contribution is 0.0777. The quantitative estimate of drug-likeness (QED) is 0.862. The molecule has 0 saturated heterocycles. The van der Waals surface area contributed by atoms with E-state index in [0.717, 1.165) is 11.3 Å². The lowest BCUT2D eigenvalue weighted by Crippen LogP contribution is -2.27. The van der Waals surface area contributed by atoms with Crippen LogP contribution in [0.4, 0.5) is 0 Å². The molecular weight excluding hydrogens is 320 g/mol. The number of methoxy groups -OCH3 is 1. The van der Waals surface area contributed by atoms with Gasteiger partial charge in [-0.2, -0.15) is 0 Å². The molecule has 104 valence electrons. The molecule has 0 unspecified atom stereocenters. The third kappa shape index (κ3) is 3.17. The topological polar surface area (TPSA) is 42.4 Å². The highest BCUT2D eigenvalue weighted by molar-refractivity contribution is 9.10. The summed E-state index contributed by atoms with van der Waals surface area (Å²) in [5, 5.41) is 0. The van der Waals surface area contributed by atoms with Crippen molar-refractivity contribution in [1.29, 1.82) is 0 Å². The molecule has 0 spiro atoms. The molecule has 2 rings (SSSR count). The Balaban J connectivity index is 2.18. The summed E-state index contributed by atoms with van der Waals surface area (Å²) in [6.07, 6.45) is 1.61. The zero-order valence-electron chi connectivity index (χ0n) is 11.3. The smallest absolute Gasteiger partial charge is 0.273 e. The predicted octanol–water partition coefficient (Wildman–Crippen LogP) is 3.12. The van der Waals surface area contributed by atoms with E-state index in [1.54, 1.807) is 37.4 Å². The van der Waals surface area contributed by atoms with Crippen LogP contribution in [0.1, 0.15) is 16.1 Å². The van der Waals surface area contributed by atoms with E-state index < -0.39 is 0 Å². The number of carbonyl (C=O) groups is 1. The fraction of sp³-hybridized carbons (Fsp3) is 0.200. The van der Waals surface area contributed by atoms with Crippen molar-refractivity contribution in [3.8, 4) is 5.75 Å². The number of pyridine rings is 1. The number of hydrogen-bond acceptors (Lipinski definition) is 3. The molecule has 0 saturated carbocycles. The number of para-hydroxylation sites is 1. The van der Waals surface area contributed by atoms with Gasteiger partial charge in [-0.05, 0) is 34.1 Å². The number of halogens is 1. The molecule has 1 aromatic heterocycles. The number of benzene rings is 1. The number of nitrogens with zero attached hydrogens (tertiary/aromatic N) is 2. The minimum absolute atomic E-state index is 0.136. The van der Waals surface area contributed by atoms with Gasteiger partial charge in [0.1, 0.15) is 11.4 Å². The maximum absolute atomic E-state index is 12.4. The molecule has 0 radical (unpaired) electrons. The standard InChI is InChI=1S/C15H15BrN2O2/c1-18(10-11-6-3-4-8-13(11)20-2)15(19)14-12(16)7-5-9-17-14/h3-9H,10H2,1-2H3. The van der Waals surface area contributed by atoms with Crippen molar-refractivity contribution >= 4 is 21.8 Å². The molecule has 20 heavy (non-hydrogen) atoms. The van der Waals surface area contributed by atoms with Crippen LogP contribution in [0.2, 0.25) is 0 Å². The second-order valence-electron chi connectivity index (χ2n) is 4.31. The number of aromatic nitrogens is 1. The summed E-state index contributed by atoms with van der Waals surface area (Å²) in [5.74, 6) is 0.635. The maximum atomic E-state index is 12.4. The van der Waals surface area contributed by atoms with Gasteiger partial charge in [0.2, 0.25) is 0 Å². The largest absolute Gasteiger partial charge is 0.496 e. The second-order valence-corrected chi connectivity index (χ2v) is 5.16. The fourth-order valence-electron chi connectivity index (χ4n) is 1.88. The molecule has 0 atom stereocenters. The molecule has 4 nitrogen and oxygen atoms in total. The van der Waals surface area contributed by atoms with Gasteiger partial charge in [-0.15, -0.1) is 0 Å². The van der Waals surface area contributed by atoms with Crippen LogP contribution in [0.5, 0.6) is 5.75 Å². The molecule has 2 aromatic rings. The first-order valence-electron chi connectivity index (χ1n) is 6.11. The van der Waals surface area contributed by atoms with Gasteiger partial charge in [-0.25, -0.2) is 4.98 Å². The van der Waals surface area contributed by atoms with Crippen LogP contribution >= 0.6 is 15.9 Å². The molecular formula is C15H15BrN2O2. The van der Waals surface area contributed by atoms with E-state index in [4.69, 9.17) is 4.74 Å². The van der Waals surface area contributed by atoms with Crippen LogP contribution in [-0.2, 0) is 6.54 Å². The lowest BCUT2D eigenvalue weighted by Gasteiger charge is -2.18. The molecule has 0 N–H and O–H groups in total. The van der Waals surface area contributed by atoms with Crippen molar-refractivity contribution in [1.82, 2.24) is 9.88 Å². The Morgan fingerprint density at radius 1 is 1.30 bits per heavy atom. The van der Waals surface area contributed by atoms with Crippen molar-refractivity contribution in [2.45, 2.75) is 6.54 Å². The SMILES string of the molecule is COc1ccccc1CN(C)C(=O)c1ncccc1Br. The van der Waals surface area contributed by atoms with Gasteiger partial charge >= 0.3 is 0 Å². The van der Waals surface area contributed by atoms with Crippen molar-refractivity contribution in [3.63, 3.8) is 0 Å². The van der Waals surface area contributed by atoms with Crippen molar-refractivity contribution in [3.05, 3.63) is 58.3 Å². The first-order chi connectivity index (χ1) is 9.63. The summed E-state index contributed by atoms with van der Waals surface area (Å²) in [6.45, 7) is 0.464. The van der Waals surface area contributed by atoms with Crippen molar-refractivity contribution in [2.75, 3.05) is 14.2 Å². The van der Waals surface area contributed by atoms with Crippen LogP contribution in [0.3, 0.4) is 0 Å². The van der Waals surface area contributed by atoms with Crippen LogP contribution in [0.25, 0.3) is 0 Å². The molecule has 0 aliphatic rings. The van der Waals surface area contributed by atoms with E-state index in [9.17, 15) is 4.79 Å².